The first-order chi connectivity index (χ1) is 14.9. The third-order valence-electron chi connectivity index (χ3n) is 6.21. The van der Waals surface area contributed by atoms with Crippen LogP contribution in [0.3, 0.4) is 0 Å². The van der Waals surface area contributed by atoms with Gasteiger partial charge in [-0.25, -0.2) is 0 Å². The van der Waals surface area contributed by atoms with Gasteiger partial charge >= 0.3 is 0 Å². The van der Waals surface area contributed by atoms with E-state index in [1.165, 1.54) is 5.56 Å². The summed E-state index contributed by atoms with van der Waals surface area (Å²) in [5, 5.41) is 0. The van der Waals surface area contributed by atoms with Gasteiger partial charge in [0.05, 0.1) is 19.1 Å². The van der Waals surface area contributed by atoms with Gasteiger partial charge in [-0.1, -0.05) is 26.0 Å². The zero-order valence-electron chi connectivity index (χ0n) is 18.3. The van der Waals surface area contributed by atoms with Gasteiger partial charge in [0.2, 0.25) is 0 Å². The molecule has 0 atom stereocenters. The van der Waals surface area contributed by atoms with Gasteiger partial charge < -0.3 is 19.1 Å². The normalized spacial score (nSPS) is 17.3. The Hall–Kier alpha value is -3.02. The fourth-order valence-electron chi connectivity index (χ4n) is 4.24. The molecule has 2 heterocycles. The van der Waals surface area contributed by atoms with Gasteiger partial charge in [0, 0.05) is 32.0 Å². The summed E-state index contributed by atoms with van der Waals surface area (Å²) in [7, 11) is 1.59. The molecule has 0 aromatic heterocycles. The number of fused-ring (bicyclic) bond motifs is 1. The number of amides is 1. The Kier molecular flexibility index (Phi) is 5.90. The molecule has 0 bridgehead atoms. The molecule has 0 unspecified atom stereocenters. The van der Waals surface area contributed by atoms with Crippen LogP contribution in [0.5, 0.6) is 17.2 Å². The standard InChI is InChI=1S/C25H29NO5/c1-17(2)18-5-4-6-20(13-18)30-16-24(28)26-11-9-25(10-12-26)15-22(27)21-8-7-19(29-3)14-23(21)31-25/h4-8,13-14,17H,9-12,15-16H2,1-3H3. The van der Waals surface area contributed by atoms with Gasteiger partial charge in [0.25, 0.3) is 5.91 Å². The van der Waals surface area contributed by atoms with Crippen molar-refractivity contribution in [2.45, 2.75) is 44.6 Å². The lowest BCUT2D eigenvalue weighted by Gasteiger charge is -2.43. The van der Waals surface area contributed by atoms with Crippen LogP contribution in [-0.4, -0.2) is 49.0 Å². The zero-order valence-corrected chi connectivity index (χ0v) is 18.3. The lowest BCUT2D eigenvalue weighted by molar-refractivity contribution is -0.136. The lowest BCUT2D eigenvalue weighted by Crippen LogP contribution is -2.53. The SMILES string of the molecule is COc1ccc2c(c1)OC1(CCN(C(=O)COc3cccc(C(C)C)c3)CC1)CC2=O. The second-order valence-corrected chi connectivity index (χ2v) is 8.64. The van der Waals surface area contributed by atoms with Crippen molar-refractivity contribution in [3.05, 3.63) is 53.6 Å². The highest BCUT2D eigenvalue weighted by Gasteiger charge is 2.43. The number of methoxy groups -OCH3 is 1. The molecule has 0 radical (unpaired) electrons. The summed E-state index contributed by atoms with van der Waals surface area (Å²) in [6.07, 6.45) is 1.57. The minimum absolute atomic E-state index is 0.00830. The first kappa shape index (κ1) is 21.2. The molecule has 2 aromatic carbocycles. The molecule has 164 valence electrons. The molecule has 6 nitrogen and oxygen atoms in total. The van der Waals surface area contributed by atoms with Crippen LogP contribution in [0.1, 0.15) is 54.9 Å². The van der Waals surface area contributed by atoms with Gasteiger partial charge in [-0.05, 0) is 35.7 Å². The number of benzene rings is 2. The number of rotatable bonds is 5. The summed E-state index contributed by atoms with van der Waals surface area (Å²) in [6.45, 7) is 5.34. The van der Waals surface area contributed by atoms with E-state index in [0.29, 0.717) is 61.1 Å². The monoisotopic (exact) mass is 423 g/mol. The lowest BCUT2D eigenvalue weighted by atomic mass is 9.82. The van der Waals surface area contributed by atoms with E-state index < -0.39 is 5.60 Å². The Morgan fingerprint density at radius 1 is 1.13 bits per heavy atom. The van der Waals surface area contributed by atoms with Crippen molar-refractivity contribution in [1.82, 2.24) is 4.90 Å². The third kappa shape index (κ3) is 4.53. The van der Waals surface area contributed by atoms with Crippen LogP contribution in [0.15, 0.2) is 42.5 Å². The highest BCUT2D eigenvalue weighted by molar-refractivity contribution is 6.00. The smallest absolute Gasteiger partial charge is 0.260 e. The topological polar surface area (TPSA) is 65.1 Å². The van der Waals surface area contributed by atoms with Crippen molar-refractivity contribution in [3.63, 3.8) is 0 Å². The minimum Gasteiger partial charge on any atom is -0.497 e. The quantitative estimate of drug-likeness (QED) is 0.720. The predicted octanol–water partition coefficient (Wildman–Crippen LogP) is 4.22. The maximum atomic E-state index is 12.7. The van der Waals surface area contributed by atoms with Gasteiger partial charge in [-0.15, -0.1) is 0 Å². The summed E-state index contributed by atoms with van der Waals surface area (Å²) < 4.78 is 17.3. The first-order valence-corrected chi connectivity index (χ1v) is 10.8. The van der Waals surface area contributed by atoms with E-state index in [-0.39, 0.29) is 18.3 Å². The van der Waals surface area contributed by atoms with Gasteiger partial charge in [0.15, 0.2) is 12.4 Å². The van der Waals surface area contributed by atoms with Crippen molar-refractivity contribution < 1.29 is 23.8 Å². The molecule has 0 saturated carbocycles. The molecule has 2 aliphatic heterocycles. The summed E-state index contributed by atoms with van der Waals surface area (Å²) in [5.74, 6) is 2.38. The molecule has 1 fully saturated rings. The maximum Gasteiger partial charge on any atom is 0.260 e. The van der Waals surface area contributed by atoms with E-state index in [1.54, 1.807) is 30.2 Å². The van der Waals surface area contributed by atoms with Gasteiger partial charge in [-0.2, -0.15) is 0 Å². The molecule has 1 saturated heterocycles. The Bertz CT molecular complexity index is 976. The number of likely N-dealkylation sites (tertiary alicyclic amines) is 1. The molecule has 0 aliphatic carbocycles. The molecule has 2 aromatic rings. The summed E-state index contributed by atoms with van der Waals surface area (Å²) in [5.41, 5.74) is 1.22. The second kappa shape index (κ2) is 8.61. The Balaban J connectivity index is 1.35. The van der Waals surface area contributed by atoms with Crippen LogP contribution < -0.4 is 14.2 Å². The van der Waals surface area contributed by atoms with E-state index >= 15 is 0 Å². The van der Waals surface area contributed by atoms with Crippen LogP contribution in [0.4, 0.5) is 0 Å². The fraction of sp³-hybridized carbons (Fsp3) is 0.440. The van der Waals surface area contributed by atoms with Crippen molar-refractivity contribution >= 4 is 11.7 Å². The number of piperidine rings is 1. The summed E-state index contributed by atoms with van der Waals surface area (Å²) >= 11 is 0. The molecule has 4 rings (SSSR count). The average Bonchev–Trinajstić information content (AvgIpc) is 2.77. The average molecular weight is 424 g/mol. The molecule has 1 spiro atoms. The maximum absolute atomic E-state index is 12.7. The van der Waals surface area contributed by atoms with Crippen LogP contribution in [0.25, 0.3) is 0 Å². The second-order valence-electron chi connectivity index (χ2n) is 8.64. The number of ketones is 1. The first-order valence-electron chi connectivity index (χ1n) is 10.8. The number of carbonyl (C=O) groups excluding carboxylic acids is 2. The summed E-state index contributed by atoms with van der Waals surface area (Å²) in [4.78, 5) is 27.2. The zero-order chi connectivity index (χ0) is 22.0. The van der Waals surface area contributed by atoms with E-state index in [2.05, 4.69) is 19.9 Å². The van der Waals surface area contributed by atoms with E-state index in [9.17, 15) is 9.59 Å². The van der Waals surface area contributed by atoms with Crippen molar-refractivity contribution in [1.29, 1.82) is 0 Å². The number of nitrogens with zero attached hydrogens (tertiary/aromatic N) is 1. The number of carbonyl (C=O) groups is 2. The number of hydrogen-bond acceptors (Lipinski definition) is 5. The predicted molar refractivity (Wildman–Crippen MR) is 117 cm³/mol. The molecule has 1 amide bonds. The van der Waals surface area contributed by atoms with Crippen molar-refractivity contribution in [2.24, 2.45) is 0 Å². The Labute approximate surface area is 183 Å². The highest BCUT2D eigenvalue weighted by atomic mass is 16.5. The number of Topliss-reactive ketones (excluding diaryl/α,β-unsaturated/α-hetero) is 1. The van der Waals surface area contributed by atoms with Crippen molar-refractivity contribution in [2.75, 3.05) is 26.8 Å². The molecule has 6 heteroatoms. The molecule has 31 heavy (non-hydrogen) atoms. The molecular weight excluding hydrogens is 394 g/mol. The van der Waals surface area contributed by atoms with E-state index in [4.69, 9.17) is 14.2 Å². The number of ether oxygens (including phenoxy) is 3. The van der Waals surface area contributed by atoms with E-state index in [0.717, 1.165) is 0 Å². The minimum atomic E-state index is -0.556. The van der Waals surface area contributed by atoms with Gasteiger partial charge in [0.1, 0.15) is 22.8 Å². The Morgan fingerprint density at radius 2 is 1.90 bits per heavy atom. The molecular formula is C25H29NO5. The largest absolute Gasteiger partial charge is 0.497 e. The van der Waals surface area contributed by atoms with Crippen molar-refractivity contribution in [3.8, 4) is 17.2 Å². The van der Waals surface area contributed by atoms with Gasteiger partial charge in [-0.3, -0.25) is 9.59 Å². The Morgan fingerprint density at radius 3 is 2.61 bits per heavy atom. The van der Waals surface area contributed by atoms with Crippen LogP contribution in [-0.2, 0) is 4.79 Å². The number of hydrogen-bond donors (Lipinski definition) is 0. The van der Waals surface area contributed by atoms with Crippen LogP contribution in [0, 0.1) is 0 Å². The van der Waals surface area contributed by atoms with Crippen LogP contribution >= 0.6 is 0 Å². The summed E-state index contributed by atoms with van der Waals surface area (Å²) in [6, 6.07) is 13.2. The molecule has 2 aliphatic rings. The highest BCUT2D eigenvalue weighted by Crippen LogP contribution is 2.40. The third-order valence-corrected chi connectivity index (χ3v) is 6.21. The fourth-order valence-corrected chi connectivity index (χ4v) is 4.24. The van der Waals surface area contributed by atoms with Crippen LogP contribution in [0.2, 0.25) is 0 Å². The van der Waals surface area contributed by atoms with E-state index in [1.807, 2.05) is 18.2 Å². The molecule has 0 N–H and O–H groups in total.